The van der Waals surface area contributed by atoms with Gasteiger partial charge in [-0.1, -0.05) is 35.3 Å². The molecule has 7 heteroatoms. The molecule has 2 rings (SSSR count). The predicted octanol–water partition coefficient (Wildman–Crippen LogP) is 4.34. The first-order chi connectivity index (χ1) is 11.4. The fourth-order valence-corrected chi connectivity index (χ4v) is 2.27. The maximum atomic E-state index is 11.9. The lowest BCUT2D eigenvalue weighted by Gasteiger charge is -2.11. The van der Waals surface area contributed by atoms with Crippen LogP contribution in [0.1, 0.15) is 11.1 Å². The first-order valence-corrected chi connectivity index (χ1v) is 7.87. The summed E-state index contributed by atoms with van der Waals surface area (Å²) in [5.41, 5.74) is 2.61. The summed E-state index contributed by atoms with van der Waals surface area (Å²) in [6.07, 6.45) is 0. The Morgan fingerprint density at radius 2 is 1.88 bits per heavy atom. The van der Waals surface area contributed by atoms with Gasteiger partial charge in [0, 0.05) is 16.8 Å². The summed E-state index contributed by atoms with van der Waals surface area (Å²) in [6, 6.07) is 9.55. The lowest BCUT2D eigenvalue weighted by molar-refractivity contribution is -0.121. The number of benzene rings is 2. The number of amides is 3. The van der Waals surface area contributed by atoms with Crippen LogP contribution in [0.15, 0.2) is 36.4 Å². The van der Waals surface area contributed by atoms with Crippen LogP contribution in [0.3, 0.4) is 0 Å². The number of rotatable bonds is 4. The normalized spacial score (nSPS) is 10.2. The van der Waals surface area contributed by atoms with Crippen LogP contribution < -0.4 is 15.4 Å². The lowest BCUT2D eigenvalue weighted by atomic mass is 10.1. The highest BCUT2D eigenvalue weighted by Gasteiger charge is 2.11. The molecule has 3 amide bonds. The van der Waals surface area contributed by atoms with E-state index in [1.165, 1.54) is 6.07 Å². The molecular weight excluding hydrogens is 351 g/mol. The van der Waals surface area contributed by atoms with Gasteiger partial charge in [0.1, 0.15) is 5.75 Å². The number of aryl methyl sites for hydroxylation is 1. The molecule has 2 aromatic rings. The van der Waals surface area contributed by atoms with E-state index in [0.29, 0.717) is 15.7 Å². The molecule has 2 N–H and O–H groups in total. The van der Waals surface area contributed by atoms with Crippen molar-refractivity contribution in [2.45, 2.75) is 13.8 Å². The van der Waals surface area contributed by atoms with E-state index in [0.717, 1.165) is 11.1 Å². The fourth-order valence-electron chi connectivity index (χ4n) is 1.93. The minimum absolute atomic E-state index is 0.272. The smallest absolute Gasteiger partial charge is 0.325 e. The highest BCUT2D eigenvalue weighted by atomic mass is 35.5. The molecule has 0 radical (unpaired) electrons. The Morgan fingerprint density at radius 1 is 1.12 bits per heavy atom. The maximum absolute atomic E-state index is 11.9. The number of anilines is 1. The zero-order valence-corrected chi connectivity index (χ0v) is 14.7. The second-order valence-corrected chi connectivity index (χ2v) is 5.96. The SMILES string of the molecule is Cc1cccc(NC(=O)NC(=O)COc2cc(Cl)ccc2Cl)c1C. The van der Waals surface area contributed by atoms with E-state index in [1.807, 2.05) is 26.0 Å². The highest BCUT2D eigenvalue weighted by molar-refractivity contribution is 6.34. The Morgan fingerprint density at radius 3 is 2.62 bits per heavy atom. The molecule has 0 aliphatic carbocycles. The Bertz CT molecular complexity index is 778. The van der Waals surface area contributed by atoms with Gasteiger partial charge in [-0.3, -0.25) is 10.1 Å². The van der Waals surface area contributed by atoms with Crippen LogP contribution in [0.25, 0.3) is 0 Å². The topological polar surface area (TPSA) is 67.4 Å². The van der Waals surface area contributed by atoms with Crippen molar-refractivity contribution in [2.75, 3.05) is 11.9 Å². The number of nitrogens with one attached hydrogen (secondary N) is 2. The third-order valence-electron chi connectivity index (χ3n) is 3.36. The summed E-state index contributed by atoms with van der Waals surface area (Å²) in [5.74, 6) is -0.330. The largest absolute Gasteiger partial charge is 0.482 e. The van der Waals surface area contributed by atoms with E-state index in [1.54, 1.807) is 18.2 Å². The summed E-state index contributed by atoms with van der Waals surface area (Å²) in [6.45, 7) is 3.46. The molecule has 0 atom stereocenters. The number of imide groups is 1. The molecule has 24 heavy (non-hydrogen) atoms. The summed E-state index contributed by atoms with van der Waals surface area (Å²) < 4.78 is 5.26. The van der Waals surface area contributed by atoms with Gasteiger partial charge in [0.2, 0.25) is 0 Å². The van der Waals surface area contributed by atoms with Gasteiger partial charge in [-0.05, 0) is 43.2 Å². The predicted molar refractivity (Wildman–Crippen MR) is 95.0 cm³/mol. The van der Waals surface area contributed by atoms with Crippen LogP contribution in [-0.2, 0) is 4.79 Å². The Labute approximate surface area is 149 Å². The average molecular weight is 367 g/mol. The number of hydrogen-bond acceptors (Lipinski definition) is 3. The van der Waals surface area contributed by atoms with Crippen molar-refractivity contribution in [1.82, 2.24) is 5.32 Å². The zero-order chi connectivity index (χ0) is 17.7. The van der Waals surface area contributed by atoms with Crippen molar-refractivity contribution >= 4 is 40.8 Å². The van der Waals surface area contributed by atoms with Gasteiger partial charge in [0.05, 0.1) is 5.02 Å². The first-order valence-electron chi connectivity index (χ1n) is 7.11. The molecule has 2 aromatic carbocycles. The second kappa shape index (κ2) is 8.04. The molecule has 0 fully saturated rings. The number of urea groups is 1. The summed E-state index contributed by atoms with van der Waals surface area (Å²) in [5, 5.41) is 5.58. The minimum Gasteiger partial charge on any atom is -0.482 e. The van der Waals surface area contributed by atoms with Crippen LogP contribution in [0.5, 0.6) is 5.75 Å². The van der Waals surface area contributed by atoms with Gasteiger partial charge in [-0.2, -0.15) is 0 Å². The van der Waals surface area contributed by atoms with Crippen molar-refractivity contribution in [2.24, 2.45) is 0 Å². The van der Waals surface area contributed by atoms with Crippen LogP contribution in [0.2, 0.25) is 10.0 Å². The lowest BCUT2D eigenvalue weighted by Crippen LogP contribution is -2.37. The van der Waals surface area contributed by atoms with Gasteiger partial charge in [0.25, 0.3) is 5.91 Å². The third-order valence-corrected chi connectivity index (χ3v) is 3.91. The van der Waals surface area contributed by atoms with Crippen LogP contribution in [-0.4, -0.2) is 18.5 Å². The van der Waals surface area contributed by atoms with Crippen LogP contribution in [0, 0.1) is 13.8 Å². The molecule has 5 nitrogen and oxygen atoms in total. The number of ether oxygens (including phenoxy) is 1. The summed E-state index contributed by atoms with van der Waals surface area (Å²) in [7, 11) is 0. The highest BCUT2D eigenvalue weighted by Crippen LogP contribution is 2.27. The molecule has 0 heterocycles. The monoisotopic (exact) mass is 366 g/mol. The minimum atomic E-state index is -0.630. The number of carbonyl (C=O) groups excluding carboxylic acids is 2. The first kappa shape index (κ1) is 18.1. The molecule has 0 saturated heterocycles. The van der Waals surface area contributed by atoms with Crippen molar-refractivity contribution in [3.8, 4) is 5.75 Å². The van der Waals surface area contributed by atoms with E-state index in [9.17, 15) is 9.59 Å². The summed E-state index contributed by atoms with van der Waals surface area (Å²) in [4.78, 5) is 23.7. The molecule has 0 aliphatic rings. The molecule has 0 aliphatic heterocycles. The number of halogens is 2. The van der Waals surface area contributed by atoms with E-state index < -0.39 is 11.9 Å². The Hall–Kier alpha value is -2.24. The third kappa shape index (κ3) is 4.88. The van der Waals surface area contributed by atoms with Crippen molar-refractivity contribution in [3.05, 3.63) is 57.6 Å². The Kier molecular flexibility index (Phi) is 6.06. The molecule has 0 spiro atoms. The van der Waals surface area contributed by atoms with Gasteiger partial charge >= 0.3 is 6.03 Å². The van der Waals surface area contributed by atoms with E-state index in [-0.39, 0.29) is 12.4 Å². The van der Waals surface area contributed by atoms with Crippen LogP contribution in [0.4, 0.5) is 10.5 Å². The van der Waals surface area contributed by atoms with E-state index in [2.05, 4.69) is 10.6 Å². The number of carbonyl (C=O) groups is 2. The average Bonchev–Trinajstić information content (AvgIpc) is 2.52. The van der Waals surface area contributed by atoms with Crippen molar-refractivity contribution in [1.29, 1.82) is 0 Å². The molecular formula is C17H16Cl2N2O3. The van der Waals surface area contributed by atoms with Crippen molar-refractivity contribution < 1.29 is 14.3 Å². The maximum Gasteiger partial charge on any atom is 0.325 e. The van der Waals surface area contributed by atoms with Gasteiger partial charge in [-0.25, -0.2) is 4.79 Å². The fraction of sp³-hybridized carbons (Fsp3) is 0.176. The molecule has 0 bridgehead atoms. The van der Waals surface area contributed by atoms with E-state index in [4.69, 9.17) is 27.9 Å². The van der Waals surface area contributed by atoms with Gasteiger partial charge in [-0.15, -0.1) is 0 Å². The Balaban J connectivity index is 1.89. The second-order valence-electron chi connectivity index (χ2n) is 5.11. The summed E-state index contributed by atoms with van der Waals surface area (Å²) >= 11 is 11.8. The van der Waals surface area contributed by atoms with Gasteiger partial charge < -0.3 is 10.1 Å². The molecule has 0 aromatic heterocycles. The standard InChI is InChI=1S/C17H16Cl2N2O3/c1-10-4-3-5-14(11(10)2)20-17(23)21-16(22)9-24-15-8-12(18)6-7-13(15)19/h3-8H,9H2,1-2H3,(H2,20,21,22,23). The molecule has 0 saturated carbocycles. The van der Waals surface area contributed by atoms with Crippen LogP contribution >= 0.6 is 23.2 Å². The quantitative estimate of drug-likeness (QED) is 0.845. The zero-order valence-electron chi connectivity index (χ0n) is 13.2. The number of hydrogen-bond donors (Lipinski definition) is 2. The van der Waals surface area contributed by atoms with Gasteiger partial charge in [0.15, 0.2) is 6.61 Å². The molecule has 0 unspecified atom stereocenters. The van der Waals surface area contributed by atoms with Crippen molar-refractivity contribution in [3.63, 3.8) is 0 Å². The molecule has 126 valence electrons. The van der Waals surface area contributed by atoms with E-state index >= 15 is 0 Å².